The Morgan fingerprint density at radius 2 is 0.897 bits per heavy atom. The van der Waals surface area contributed by atoms with E-state index in [1.54, 1.807) is 0 Å². The summed E-state index contributed by atoms with van der Waals surface area (Å²) in [5.41, 5.74) is 11.9. The second kappa shape index (κ2) is 18.0. The number of hydrogen-bond donors (Lipinski definition) is 0. The second-order valence-electron chi connectivity index (χ2n) is 17.9. The summed E-state index contributed by atoms with van der Waals surface area (Å²) in [6, 6.07) is 79.3. The highest BCUT2D eigenvalue weighted by molar-refractivity contribution is 6.19. The van der Waals surface area contributed by atoms with Gasteiger partial charge in [-0.15, -0.1) is 0 Å². The molecule has 0 radical (unpaired) electrons. The molecule has 11 rings (SSSR count). The third-order valence-corrected chi connectivity index (χ3v) is 13.4. The van der Waals surface area contributed by atoms with Crippen LogP contribution >= 0.6 is 0 Å². The highest BCUT2D eigenvalue weighted by Gasteiger charge is 2.24. The van der Waals surface area contributed by atoms with Crippen LogP contribution in [0.25, 0.3) is 82.7 Å². The number of benzene rings is 10. The van der Waals surface area contributed by atoms with E-state index in [4.69, 9.17) is 15.0 Å². The molecule has 1 aromatic heterocycles. The minimum Gasteiger partial charge on any atom is -0.280 e. The van der Waals surface area contributed by atoms with Gasteiger partial charge < -0.3 is 0 Å². The Balaban J connectivity index is 0.913. The first-order valence-corrected chi connectivity index (χ1v) is 23.2. The van der Waals surface area contributed by atoms with E-state index in [9.17, 15) is 0 Å². The standard InChI is InChI=1S/C64H48N4/c1-64(2,49-36-32-43(33-37-49)42-66-60(56-29-13-21-45-17-5-9-25-52(45)56)40-59(65-3)55-28-12-20-44-16-4-8-24-51(44)55)50-38-34-48(35-39-50)63-67-61(57-30-14-22-46-18-6-10-26-53(46)57)41-62(68-63)58-31-15-23-47-19-7-11-27-54(47)58/h4-41H,3,42H2,1-2H3/b59-40-,66-60?. The number of allylic oxidation sites excluding steroid dienone is 1. The number of fused-ring (bicyclic) bond motifs is 4. The predicted octanol–water partition coefficient (Wildman–Crippen LogP) is 16.1. The molecule has 11 aromatic rings. The Kier molecular flexibility index (Phi) is 11.1. The molecule has 0 amide bonds. The maximum atomic E-state index is 5.32. The van der Waals surface area contributed by atoms with E-state index in [-0.39, 0.29) is 5.41 Å². The molecule has 10 aromatic carbocycles. The molecule has 0 N–H and O–H groups in total. The Hall–Kier alpha value is -8.60. The molecule has 0 fully saturated rings. The Morgan fingerprint density at radius 1 is 0.471 bits per heavy atom. The molecule has 0 saturated heterocycles. The van der Waals surface area contributed by atoms with Crippen LogP contribution in [0.1, 0.15) is 41.7 Å². The molecular weight excluding hydrogens is 825 g/mol. The average Bonchev–Trinajstić information content (AvgIpc) is 3.40. The Bertz CT molecular complexity index is 3630. The van der Waals surface area contributed by atoms with Crippen LogP contribution in [-0.4, -0.2) is 22.4 Å². The van der Waals surface area contributed by atoms with Gasteiger partial charge in [-0.05, 0) is 78.6 Å². The lowest BCUT2D eigenvalue weighted by atomic mass is 9.78. The molecule has 0 aliphatic rings. The zero-order chi connectivity index (χ0) is 46.0. The van der Waals surface area contributed by atoms with E-state index >= 15 is 0 Å². The van der Waals surface area contributed by atoms with Crippen LogP contribution in [-0.2, 0) is 12.0 Å². The normalized spacial score (nSPS) is 12.3. The molecule has 0 spiro atoms. The van der Waals surface area contributed by atoms with Crippen molar-refractivity contribution in [3.63, 3.8) is 0 Å². The number of nitrogens with zero attached hydrogens (tertiary/aromatic N) is 4. The lowest BCUT2D eigenvalue weighted by molar-refractivity contribution is 0.640. The van der Waals surface area contributed by atoms with Gasteiger partial charge in [0.2, 0.25) is 0 Å². The molecule has 1 heterocycles. The summed E-state index contributed by atoms with van der Waals surface area (Å²) in [5.74, 6) is 0.693. The monoisotopic (exact) mass is 872 g/mol. The lowest BCUT2D eigenvalue weighted by Crippen LogP contribution is -2.18. The van der Waals surface area contributed by atoms with Crippen LogP contribution in [0, 0.1) is 0 Å². The summed E-state index contributed by atoms with van der Waals surface area (Å²) >= 11 is 0. The molecule has 324 valence electrons. The van der Waals surface area contributed by atoms with Crippen LogP contribution in [0.3, 0.4) is 0 Å². The number of rotatable bonds is 11. The predicted molar refractivity (Wildman–Crippen MR) is 288 cm³/mol. The first-order chi connectivity index (χ1) is 33.4. The van der Waals surface area contributed by atoms with Gasteiger partial charge in [-0.3, -0.25) is 9.98 Å². The molecule has 0 saturated carbocycles. The van der Waals surface area contributed by atoms with Gasteiger partial charge in [-0.2, -0.15) is 0 Å². The first kappa shape index (κ1) is 42.1. The van der Waals surface area contributed by atoms with Crippen LogP contribution in [0.2, 0.25) is 0 Å². The van der Waals surface area contributed by atoms with Crippen molar-refractivity contribution in [2.75, 3.05) is 0 Å². The van der Waals surface area contributed by atoms with Crippen LogP contribution < -0.4 is 0 Å². The van der Waals surface area contributed by atoms with Gasteiger partial charge in [0.15, 0.2) is 5.82 Å². The summed E-state index contributed by atoms with van der Waals surface area (Å²) in [6.07, 6.45) is 2.09. The fourth-order valence-corrected chi connectivity index (χ4v) is 9.60. The Labute approximate surface area is 397 Å². The summed E-state index contributed by atoms with van der Waals surface area (Å²) < 4.78 is 0. The quantitative estimate of drug-likeness (QED) is 0.122. The van der Waals surface area contributed by atoms with Crippen molar-refractivity contribution in [2.45, 2.75) is 25.8 Å². The van der Waals surface area contributed by atoms with Gasteiger partial charge >= 0.3 is 0 Å². The van der Waals surface area contributed by atoms with Gasteiger partial charge in [0.1, 0.15) is 0 Å². The van der Waals surface area contributed by atoms with Crippen molar-refractivity contribution in [1.82, 2.24) is 9.97 Å². The van der Waals surface area contributed by atoms with Crippen LogP contribution in [0.4, 0.5) is 0 Å². The molecule has 0 aliphatic heterocycles. The van der Waals surface area contributed by atoms with E-state index in [2.05, 4.69) is 256 Å². The highest BCUT2D eigenvalue weighted by atomic mass is 14.9. The van der Waals surface area contributed by atoms with E-state index in [1.165, 1.54) is 21.9 Å². The van der Waals surface area contributed by atoms with Crippen molar-refractivity contribution < 1.29 is 0 Å². The van der Waals surface area contributed by atoms with Gasteiger partial charge in [-0.25, -0.2) is 9.97 Å². The minimum atomic E-state index is -0.278. The zero-order valence-electron chi connectivity index (χ0n) is 38.1. The summed E-state index contributed by atoms with van der Waals surface area (Å²) in [4.78, 5) is 20.4. The summed E-state index contributed by atoms with van der Waals surface area (Å²) in [7, 11) is 0. The third kappa shape index (κ3) is 8.07. The second-order valence-corrected chi connectivity index (χ2v) is 17.9. The molecule has 68 heavy (non-hydrogen) atoms. The molecule has 0 aliphatic carbocycles. The molecule has 4 heteroatoms. The maximum Gasteiger partial charge on any atom is 0.160 e. The Morgan fingerprint density at radius 3 is 1.43 bits per heavy atom. The molecule has 0 bridgehead atoms. The van der Waals surface area contributed by atoms with Gasteiger partial charge in [0.25, 0.3) is 0 Å². The first-order valence-electron chi connectivity index (χ1n) is 23.2. The highest BCUT2D eigenvalue weighted by Crippen LogP contribution is 2.37. The lowest BCUT2D eigenvalue weighted by Gasteiger charge is -2.26. The van der Waals surface area contributed by atoms with Crippen LogP contribution in [0.15, 0.2) is 241 Å². The zero-order valence-corrected chi connectivity index (χ0v) is 38.1. The van der Waals surface area contributed by atoms with Gasteiger partial charge in [-0.1, -0.05) is 232 Å². The molecule has 4 nitrogen and oxygen atoms in total. The molecular formula is C64H48N4. The fraction of sp³-hybridized carbons (Fsp3) is 0.0625. The van der Waals surface area contributed by atoms with E-state index in [0.29, 0.717) is 12.4 Å². The molecule has 0 unspecified atom stereocenters. The topological polar surface area (TPSA) is 50.5 Å². The average molecular weight is 873 g/mol. The fourth-order valence-electron chi connectivity index (χ4n) is 9.60. The van der Waals surface area contributed by atoms with Crippen molar-refractivity contribution in [2.24, 2.45) is 9.98 Å². The van der Waals surface area contributed by atoms with E-state index in [0.717, 1.165) is 88.5 Å². The number of hydrogen-bond acceptors (Lipinski definition) is 4. The minimum absolute atomic E-state index is 0.278. The van der Waals surface area contributed by atoms with Crippen molar-refractivity contribution in [3.8, 4) is 33.9 Å². The summed E-state index contributed by atoms with van der Waals surface area (Å²) in [6.45, 7) is 9.09. The maximum absolute atomic E-state index is 5.32. The van der Waals surface area contributed by atoms with Crippen molar-refractivity contribution in [3.05, 3.63) is 258 Å². The van der Waals surface area contributed by atoms with Crippen molar-refractivity contribution in [1.29, 1.82) is 0 Å². The van der Waals surface area contributed by atoms with Crippen LogP contribution in [0.5, 0.6) is 0 Å². The third-order valence-electron chi connectivity index (χ3n) is 13.4. The largest absolute Gasteiger partial charge is 0.280 e. The summed E-state index contributed by atoms with van der Waals surface area (Å²) in [5, 5.41) is 9.28. The number of aromatic nitrogens is 2. The number of aliphatic imine (C=N–C) groups is 2. The van der Waals surface area contributed by atoms with Gasteiger partial charge in [0, 0.05) is 33.2 Å². The molecule has 0 atom stereocenters. The van der Waals surface area contributed by atoms with Crippen molar-refractivity contribution >= 4 is 61.2 Å². The van der Waals surface area contributed by atoms with E-state index < -0.39 is 0 Å². The smallest absolute Gasteiger partial charge is 0.160 e. The van der Waals surface area contributed by atoms with Gasteiger partial charge in [0.05, 0.1) is 29.3 Å². The SMILES string of the molecule is C=N/C(=C\C(=NCc1ccc(C(C)(C)c2ccc(-c3nc(-c4cccc5ccccc45)cc(-c4cccc5ccccc45)n3)cc2)cc1)c1cccc2ccccc12)c1cccc2ccccc12. The van der Waals surface area contributed by atoms with E-state index in [1.807, 2.05) is 0 Å².